The molecule has 1 atom stereocenters. The van der Waals surface area contributed by atoms with Crippen molar-refractivity contribution in [3.05, 3.63) is 54.0 Å². The van der Waals surface area contributed by atoms with E-state index in [4.69, 9.17) is 9.15 Å². The molecule has 1 unspecified atom stereocenters. The average Bonchev–Trinajstić information content (AvgIpc) is 3.20. The first-order valence-corrected chi connectivity index (χ1v) is 10.2. The number of benzene rings is 1. The van der Waals surface area contributed by atoms with Crippen LogP contribution in [0.1, 0.15) is 18.1 Å². The Balaban J connectivity index is 1.41. The second-order valence-electron chi connectivity index (χ2n) is 7.65. The molecule has 0 spiro atoms. The average molecular weight is 388 g/mol. The lowest BCUT2D eigenvalue weighted by Gasteiger charge is -2.34. The van der Waals surface area contributed by atoms with Gasteiger partial charge in [-0.3, -0.25) is 9.80 Å². The summed E-state index contributed by atoms with van der Waals surface area (Å²) >= 11 is 0. The number of rotatable bonds is 10. The van der Waals surface area contributed by atoms with Gasteiger partial charge in [0.1, 0.15) is 18.5 Å². The smallest absolute Gasteiger partial charge is 0.119 e. The van der Waals surface area contributed by atoms with Gasteiger partial charge in [-0.1, -0.05) is 19.1 Å². The maximum atomic E-state index is 10.3. The molecular weight excluding hydrogens is 354 g/mol. The topological polar surface area (TPSA) is 52.3 Å². The van der Waals surface area contributed by atoms with Crippen LogP contribution in [0.4, 0.5) is 0 Å². The first-order valence-electron chi connectivity index (χ1n) is 10.2. The highest BCUT2D eigenvalue weighted by atomic mass is 16.5. The van der Waals surface area contributed by atoms with Gasteiger partial charge in [-0.15, -0.1) is 0 Å². The van der Waals surface area contributed by atoms with Crippen molar-refractivity contribution in [1.82, 2.24) is 14.7 Å². The minimum atomic E-state index is -0.472. The Morgan fingerprint density at radius 2 is 1.86 bits per heavy atom. The van der Waals surface area contributed by atoms with Crippen LogP contribution in [0.25, 0.3) is 0 Å². The van der Waals surface area contributed by atoms with E-state index in [1.807, 2.05) is 18.2 Å². The molecule has 1 N–H and O–H groups in total. The standard InChI is InChI=1S/C22H33N3O3/c1-3-24-8-10-25(11-9-24)16-21(26)18-28-22-6-4-5-19(13-22)14-23(2)15-20-7-12-27-17-20/h4-7,12-13,17,21,26H,3,8-11,14-16,18H2,1-2H3. The Hall–Kier alpha value is -1.86. The number of aliphatic hydroxyl groups is 1. The summed E-state index contributed by atoms with van der Waals surface area (Å²) in [7, 11) is 2.09. The third-order valence-electron chi connectivity index (χ3n) is 5.21. The summed E-state index contributed by atoms with van der Waals surface area (Å²) in [4.78, 5) is 6.99. The first-order chi connectivity index (χ1) is 13.6. The number of hydrogen-bond acceptors (Lipinski definition) is 6. The quantitative estimate of drug-likeness (QED) is 0.675. The fourth-order valence-corrected chi connectivity index (χ4v) is 3.63. The fraction of sp³-hybridized carbons (Fsp3) is 0.545. The maximum Gasteiger partial charge on any atom is 0.119 e. The van der Waals surface area contributed by atoms with Crippen LogP contribution in [0.2, 0.25) is 0 Å². The molecule has 3 rings (SSSR count). The monoisotopic (exact) mass is 387 g/mol. The van der Waals surface area contributed by atoms with E-state index in [-0.39, 0.29) is 0 Å². The Morgan fingerprint density at radius 1 is 1.11 bits per heavy atom. The predicted molar refractivity (Wildman–Crippen MR) is 110 cm³/mol. The molecule has 1 fully saturated rings. The fourth-order valence-electron chi connectivity index (χ4n) is 3.63. The molecule has 6 heteroatoms. The van der Waals surface area contributed by atoms with Crippen molar-refractivity contribution >= 4 is 0 Å². The second-order valence-corrected chi connectivity index (χ2v) is 7.65. The third kappa shape index (κ3) is 6.63. The number of piperazine rings is 1. The van der Waals surface area contributed by atoms with Crippen LogP contribution < -0.4 is 4.74 Å². The Labute approximate surface area is 168 Å². The molecule has 28 heavy (non-hydrogen) atoms. The number of hydrogen-bond donors (Lipinski definition) is 1. The number of aliphatic hydroxyl groups excluding tert-OH is 1. The van der Waals surface area contributed by atoms with Gasteiger partial charge in [-0.25, -0.2) is 0 Å². The van der Waals surface area contributed by atoms with Crippen LogP contribution >= 0.6 is 0 Å². The first kappa shape index (κ1) is 20.9. The van der Waals surface area contributed by atoms with Crippen molar-refractivity contribution in [2.75, 3.05) is 52.9 Å². The molecule has 1 aromatic heterocycles. The van der Waals surface area contributed by atoms with Crippen LogP contribution in [-0.4, -0.2) is 78.8 Å². The van der Waals surface area contributed by atoms with Gasteiger partial charge < -0.3 is 19.2 Å². The number of furan rings is 1. The van der Waals surface area contributed by atoms with Gasteiger partial charge in [-0.05, 0) is 37.4 Å². The third-order valence-corrected chi connectivity index (χ3v) is 5.21. The highest BCUT2D eigenvalue weighted by molar-refractivity contribution is 5.28. The molecule has 1 aliphatic rings. The van der Waals surface area contributed by atoms with E-state index in [1.54, 1.807) is 12.5 Å². The normalized spacial score (nSPS) is 17.1. The largest absolute Gasteiger partial charge is 0.491 e. The summed E-state index contributed by atoms with van der Waals surface area (Å²) < 4.78 is 11.0. The van der Waals surface area contributed by atoms with Gasteiger partial charge >= 0.3 is 0 Å². The molecule has 154 valence electrons. The van der Waals surface area contributed by atoms with E-state index in [0.717, 1.165) is 57.1 Å². The molecule has 2 heterocycles. The summed E-state index contributed by atoms with van der Waals surface area (Å²) in [5, 5.41) is 10.3. The molecule has 6 nitrogen and oxygen atoms in total. The molecule has 0 aliphatic carbocycles. The van der Waals surface area contributed by atoms with Gasteiger partial charge in [0.25, 0.3) is 0 Å². The number of nitrogens with zero attached hydrogens (tertiary/aromatic N) is 3. The Bertz CT molecular complexity index is 684. The minimum Gasteiger partial charge on any atom is -0.491 e. The van der Waals surface area contributed by atoms with E-state index in [2.05, 4.69) is 40.8 Å². The molecule has 1 saturated heterocycles. The van der Waals surface area contributed by atoms with Crippen LogP contribution in [0.3, 0.4) is 0 Å². The lowest BCUT2D eigenvalue weighted by Crippen LogP contribution is -2.49. The summed E-state index contributed by atoms with van der Waals surface area (Å²) in [6.07, 6.45) is 3.01. The van der Waals surface area contributed by atoms with Crippen molar-refractivity contribution < 1.29 is 14.3 Å². The summed E-state index contributed by atoms with van der Waals surface area (Å²) in [6, 6.07) is 10.1. The summed E-state index contributed by atoms with van der Waals surface area (Å²) in [5.74, 6) is 0.809. The zero-order valence-corrected chi connectivity index (χ0v) is 17.1. The van der Waals surface area contributed by atoms with Crippen molar-refractivity contribution in [1.29, 1.82) is 0 Å². The molecule has 0 amide bonds. The highest BCUT2D eigenvalue weighted by Gasteiger charge is 2.18. The van der Waals surface area contributed by atoms with E-state index in [0.29, 0.717) is 13.2 Å². The van der Waals surface area contributed by atoms with Gasteiger partial charge in [-0.2, -0.15) is 0 Å². The van der Waals surface area contributed by atoms with Crippen LogP contribution in [0.15, 0.2) is 47.3 Å². The number of ether oxygens (including phenoxy) is 1. The van der Waals surface area contributed by atoms with Crippen LogP contribution in [0.5, 0.6) is 5.75 Å². The van der Waals surface area contributed by atoms with Crippen molar-refractivity contribution in [3.63, 3.8) is 0 Å². The van der Waals surface area contributed by atoms with E-state index in [1.165, 1.54) is 5.56 Å². The molecule has 0 saturated carbocycles. The van der Waals surface area contributed by atoms with Gasteiger partial charge in [0.15, 0.2) is 0 Å². The molecule has 1 aliphatic heterocycles. The van der Waals surface area contributed by atoms with Crippen LogP contribution in [0, 0.1) is 0 Å². The van der Waals surface area contributed by atoms with Crippen molar-refractivity contribution in [3.8, 4) is 5.75 Å². The number of likely N-dealkylation sites (N-methyl/N-ethyl adjacent to an activating group) is 1. The SMILES string of the molecule is CCN1CCN(CC(O)COc2cccc(CN(C)Cc3ccoc3)c2)CC1. The van der Waals surface area contributed by atoms with Crippen LogP contribution in [-0.2, 0) is 13.1 Å². The second kappa shape index (κ2) is 10.6. The Kier molecular flexibility index (Phi) is 7.91. The van der Waals surface area contributed by atoms with Gasteiger partial charge in [0.05, 0.1) is 12.5 Å². The van der Waals surface area contributed by atoms with E-state index >= 15 is 0 Å². The predicted octanol–water partition coefficient (Wildman–Crippen LogP) is 2.29. The number of β-amino-alcohol motifs (C(OH)–C–C–N with tert-alkyl or cyclic N) is 1. The van der Waals surface area contributed by atoms with E-state index < -0.39 is 6.10 Å². The van der Waals surface area contributed by atoms with Crippen molar-refractivity contribution in [2.45, 2.75) is 26.1 Å². The molecular formula is C22H33N3O3. The maximum absolute atomic E-state index is 10.3. The lowest BCUT2D eigenvalue weighted by molar-refractivity contribution is 0.0470. The van der Waals surface area contributed by atoms with Gasteiger partial charge in [0, 0.05) is 51.4 Å². The van der Waals surface area contributed by atoms with Gasteiger partial charge in [0.2, 0.25) is 0 Å². The zero-order chi connectivity index (χ0) is 19.8. The Morgan fingerprint density at radius 3 is 2.57 bits per heavy atom. The molecule has 2 aromatic rings. The molecule has 0 bridgehead atoms. The lowest BCUT2D eigenvalue weighted by atomic mass is 10.2. The minimum absolute atomic E-state index is 0.322. The summed E-state index contributed by atoms with van der Waals surface area (Å²) in [5.41, 5.74) is 2.35. The highest BCUT2D eigenvalue weighted by Crippen LogP contribution is 2.16. The molecule has 0 radical (unpaired) electrons. The summed E-state index contributed by atoms with van der Waals surface area (Å²) in [6.45, 7) is 10.2. The molecule has 1 aromatic carbocycles. The van der Waals surface area contributed by atoms with E-state index in [9.17, 15) is 5.11 Å². The zero-order valence-electron chi connectivity index (χ0n) is 17.1. The van der Waals surface area contributed by atoms with Crippen molar-refractivity contribution in [2.24, 2.45) is 0 Å².